The molecule has 1 aromatic heterocycles. The van der Waals surface area contributed by atoms with Crippen molar-refractivity contribution in [2.45, 2.75) is 37.3 Å². The third-order valence-electron chi connectivity index (χ3n) is 3.41. The average molecular weight is 366 g/mol. The largest absolute Gasteiger partial charge is 0.315 e. The van der Waals surface area contributed by atoms with E-state index in [1.165, 1.54) is 4.68 Å². The number of nitrogens with zero attached hydrogens (tertiary/aromatic N) is 4. The molecule has 1 saturated heterocycles. The van der Waals surface area contributed by atoms with Gasteiger partial charge in [0.2, 0.25) is 5.03 Å². The van der Waals surface area contributed by atoms with Crippen LogP contribution in [-0.2, 0) is 17.1 Å². The van der Waals surface area contributed by atoms with Crippen LogP contribution in [0.25, 0.3) is 0 Å². The molecule has 1 unspecified atom stereocenters. The molecule has 2 heterocycles. The number of rotatable bonds is 5. The maximum Gasteiger partial charge on any atom is 0.263 e. The van der Waals surface area contributed by atoms with Gasteiger partial charge in [0.15, 0.2) is 4.60 Å². The summed E-state index contributed by atoms with van der Waals surface area (Å²) in [4.78, 5) is 0. The van der Waals surface area contributed by atoms with Crippen LogP contribution in [-0.4, -0.2) is 53.4 Å². The first-order valence-electron chi connectivity index (χ1n) is 6.76. The summed E-state index contributed by atoms with van der Waals surface area (Å²) in [6.07, 6.45) is 2.65. The third-order valence-corrected chi connectivity index (χ3v) is 6.25. The molecule has 9 heteroatoms. The Bertz CT molecular complexity index is 534. The standard InChI is InChI=1S/C11H20BrN5O2S/c1-3-7-17(9-5-4-6-13-8-9)20(18,19)11-10(12)14-15-16(11)2/h9,13H,3-8H2,1-2H3. The maximum atomic E-state index is 12.9. The van der Waals surface area contributed by atoms with E-state index < -0.39 is 10.0 Å². The van der Waals surface area contributed by atoms with E-state index in [4.69, 9.17) is 0 Å². The predicted octanol–water partition coefficient (Wildman–Crippen LogP) is 0.730. The average Bonchev–Trinajstić information content (AvgIpc) is 2.77. The number of piperidine rings is 1. The van der Waals surface area contributed by atoms with Gasteiger partial charge in [0.05, 0.1) is 0 Å². The highest BCUT2D eigenvalue weighted by Gasteiger charge is 2.35. The highest BCUT2D eigenvalue weighted by atomic mass is 79.9. The second-order valence-corrected chi connectivity index (χ2v) is 7.48. The summed E-state index contributed by atoms with van der Waals surface area (Å²) in [5.41, 5.74) is 0. The maximum absolute atomic E-state index is 12.9. The molecule has 0 radical (unpaired) electrons. The third kappa shape index (κ3) is 3.05. The van der Waals surface area contributed by atoms with Gasteiger partial charge in [-0.3, -0.25) is 0 Å². The molecule has 1 aromatic rings. The highest BCUT2D eigenvalue weighted by molar-refractivity contribution is 9.10. The fourth-order valence-electron chi connectivity index (χ4n) is 2.51. The summed E-state index contributed by atoms with van der Waals surface area (Å²) in [6.45, 7) is 4.14. The molecule has 20 heavy (non-hydrogen) atoms. The number of aryl methyl sites for hydroxylation is 1. The van der Waals surface area contributed by atoms with Crippen LogP contribution in [0.15, 0.2) is 9.63 Å². The lowest BCUT2D eigenvalue weighted by Gasteiger charge is -2.33. The van der Waals surface area contributed by atoms with Crippen LogP contribution in [0.4, 0.5) is 0 Å². The molecule has 0 aliphatic carbocycles. The van der Waals surface area contributed by atoms with Crippen LogP contribution in [0.5, 0.6) is 0 Å². The zero-order valence-corrected chi connectivity index (χ0v) is 14.1. The molecule has 1 fully saturated rings. The Hall–Kier alpha value is -0.510. The summed E-state index contributed by atoms with van der Waals surface area (Å²) in [5.74, 6) is 0. The van der Waals surface area contributed by atoms with E-state index in [-0.39, 0.29) is 15.7 Å². The molecule has 0 spiro atoms. The van der Waals surface area contributed by atoms with Crippen LogP contribution >= 0.6 is 15.9 Å². The molecular formula is C11H20BrN5O2S. The monoisotopic (exact) mass is 365 g/mol. The Labute approximate surface area is 127 Å². The Morgan fingerprint density at radius 1 is 1.55 bits per heavy atom. The normalized spacial score (nSPS) is 20.5. The first kappa shape index (κ1) is 15.9. The van der Waals surface area contributed by atoms with E-state index in [9.17, 15) is 8.42 Å². The van der Waals surface area contributed by atoms with Crippen molar-refractivity contribution in [3.05, 3.63) is 4.60 Å². The topological polar surface area (TPSA) is 80.1 Å². The first-order chi connectivity index (χ1) is 9.48. The molecule has 7 nitrogen and oxygen atoms in total. The van der Waals surface area contributed by atoms with Crippen LogP contribution in [0.1, 0.15) is 26.2 Å². The predicted molar refractivity (Wildman–Crippen MR) is 78.8 cm³/mol. The lowest BCUT2D eigenvalue weighted by Crippen LogP contribution is -2.49. The van der Waals surface area contributed by atoms with Crippen LogP contribution in [0, 0.1) is 0 Å². The summed E-state index contributed by atoms with van der Waals surface area (Å²) in [5, 5.41) is 10.9. The second-order valence-electron chi connectivity index (χ2n) is 4.92. The van der Waals surface area contributed by atoms with Crippen molar-refractivity contribution in [3.63, 3.8) is 0 Å². The van der Waals surface area contributed by atoms with Crippen molar-refractivity contribution in [2.24, 2.45) is 7.05 Å². The van der Waals surface area contributed by atoms with E-state index in [0.29, 0.717) is 13.1 Å². The highest BCUT2D eigenvalue weighted by Crippen LogP contribution is 2.25. The molecule has 1 aliphatic rings. The van der Waals surface area contributed by atoms with Crippen LogP contribution < -0.4 is 5.32 Å². The molecule has 1 N–H and O–H groups in total. The minimum absolute atomic E-state index is 0.00417. The summed E-state index contributed by atoms with van der Waals surface area (Å²) < 4.78 is 28.9. The van der Waals surface area contributed by atoms with E-state index in [1.54, 1.807) is 11.4 Å². The van der Waals surface area contributed by atoms with Gasteiger partial charge in [-0.25, -0.2) is 13.1 Å². The number of halogens is 1. The molecule has 2 rings (SSSR count). The number of hydrogen-bond donors (Lipinski definition) is 1. The summed E-state index contributed by atoms with van der Waals surface area (Å²) >= 11 is 3.18. The molecule has 1 aliphatic heterocycles. The lowest BCUT2D eigenvalue weighted by atomic mass is 10.1. The first-order valence-corrected chi connectivity index (χ1v) is 8.99. The number of nitrogens with one attached hydrogen (secondary N) is 1. The van der Waals surface area contributed by atoms with Crippen LogP contribution in [0.2, 0.25) is 0 Å². The molecular weight excluding hydrogens is 346 g/mol. The minimum atomic E-state index is -3.60. The molecule has 0 bridgehead atoms. The Balaban J connectivity index is 2.36. The molecule has 1 atom stereocenters. The van der Waals surface area contributed by atoms with E-state index in [0.717, 1.165) is 25.8 Å². The summed E-state index contributed by atoms with van der Waals surface area (Å²) in [6, 6.07) is -0.00417. The fraction of sp³-hybridized carbons (Fsp3) is 0.818. The minimum Gasteiger partial charge on any atom is -0.315 e. The van der Waals surface area contributed by atoms with Gasteiger partial charge >= 0.3 is 0 Å². The van der Waals surface area contributed by atoms with Gasteiger partial charge in [-0.1, -0.05) is 12.1 Å². The van der Waals surface area contributed by atoms with E-state index in [2.05, 4.69) is 31.6 Å². The smallest absolute Gasteiger partial charge is 0.263 e. The van der Waals surface area contributed by atoms with Crippen molar-refractivity contribution in [3.8, 4) is 0 Å². The van der Waals surface area contributed by atoms with Crippen molar-refractivity contribution in [1.29, 1.82) is 0 Å². The Morgan fingerprint density at radius 2 is 2.30 bits per heavy atom. The molecule has 0 aromatic carbocycles. The van der Waals surface area contributed by atoms with Gasteiger partial charge in [-0.2, -0.15) is 4.31 Å². The van der Waals surface area contributed by atoms with Gasteiger partial charge in [0.25, 0.3) is 10.0 Å². The fourth-order valence-corrected chi connectivity index (χ4v) is 5.29. The van der Waals surface area contributed by atoms with Gasteiger partial charge in [-0.15, -0.1) is 5.10 Å². The number of hydrogen-bond acceptors (Lipinski definition) is 5. The second kappa shape index (κ2) is 6.50. The van der Waals surface area contributed by atoms with Crippen molar-refractivity contribution < 1.29 is 8.42 Å². The zero-order valence-electron chi connectivity index (χ0n) is 11.7. The Morgan fingerprint density at radius 3 is 2.80 bits per heavy atom. The molecule has 0 amide bonds. The van der Waals surface area contributed by atoms with E-state index in [1.807, 2.05) is 6.92 Å². The zero-order chi connectivity index (χ0) is 14.8. The Kier molecular flexibility index (Phi) is 5.16. The van der Waals surface area contributed by atoms with Crippen molar-refractivity contribution >= 4 is 26.0 Å². The quantitative estimate of drug-likeness (QED) is 0.831. The van der Waals surface area contributed by atoms with Crippen molar-refractivity contribution in [2.75, 3.05) is 19.6 Å². The summed E-state index contributed by atoms with van der Waals surface area (Å²) in [7, 11) is -2.01. The van der Waals surface area contributed by atoms with Crippen molar-refractivity contribution in [1.82, 2.24) is 24.6 Å². The van der Waals surface area contributed by atoms with Crippen LogP contribution in [0.3, 0.4) is 0 Å². The van der Waals surface area contributed by atoms with E-state index >= 15 is 0 Å². The number of sulfonamides is 1. The molecule has 0 saturated carbocycles. The molecule has 114 valence electrons. The van der Waals surface area contributed by atoms with Gasteiger partial charge in [0.1, 0.15) is 0 Å². The lowest BCUT2D eigenvalue weighted by molar-refractivity contribution is 0.264. The van der Waals surface area contributed by atoms with Gasteiger partial charge in [-0.05, 0) is 41.7 Å². The van der Waals surface area contributed by atoms with Gasteiger partial charge in [0, 0.05) is 26.2 Å². The van der Waals surface area contributed by atoms with Gasteiger partial charge < -0.3 is 5.32 Å². The number of aromatic nitrogens is 3. The SMILES string of the molecule is CCCN(C1CCCNC1)S(=O)(=O)c1c(Br)nnn1C.